The van der Waals surface area contributed by atoms with Crippen molar-refractivity contribution in [2.24, 2.45) is 7.05 Å². The summed E-state index contributed by atoms with van der Waals surface area (Å²) >= 11 is 2.10. The zero-order chi connectivity index (χ0) is 18.1. The van der Waals surface area contributed by atoms with E-state index in [1.807, 2.05) is 29.1 Å². The second kappa shape index (κ2) is 6.91. The van der Waals surface area contributed by atoms with E-state index in [0.29, 0.717) is 18.1 Å². The lowest BCUT2D eigenvalue weighted by Gasteiger charge is -2.07. The van der Waals surface area contributed by atoms with Gasteiger partial charge in [0.2, 0.25) is 0 Å². The van der Waals surface area contributed by atoms with Crippen molar-refractivity contribution >= 4 is 45.1 Å². The minimum atomic E-state index is -0.218. The van der Waals surface area contributed by atoms with Gasteiger partial charge in [0.05, 0.1) is 16.3 Å². The molecule has 2 aromatic carbocycles. The van der Waals surface area contributed by atoms with Crippen molar-refractivity contribution in [3.05, 3.63) is 75.8 Å². The molecule has 0 unspecified atom stereocenters. The third-order valence-electron chi connectivity index (χ3n) is 4.20. The number of aromatic nitrogens is 4. The fourth-order valence-corrected chi connectivity index (χ4v) is 3.68. The maximum absolute atomic E-state index is 12.4. The lowest BCUT2D eigenvalue weighted by molar-refractivity contribution is 0.101. The lowest BCUT2D eigenvalue weighted by Crippen LogP contribution is -2.18. The number of carbonyl (C=O) groups excluding carboxylic acids is 1. The van der Waals surface area contributed by atoms with E-state index >= 15 is 0 Å². The van der Waals surface area contributed by atoms with Gasteiger partial charge in [0, 0.05) is 19.3 Å². The van der Waals surface area contributed by atoms with Gasteiger partial charge in [-0.1, -0.05) is 42.5 Å². The molecule has 0 bridgehead atoms. The highest BCUT2D eigenvalue weighted by Crippen LogP contribution is 2.20. The van der Waals surface area contributed by atoms with Crippen LogP contribution < -0.4 is 5.32 Å². The normalized spacial score (nSPS) is 11.0. The molecule has 2 heterocycles. The molecule has 130 valence electrons. The number of hydrogen-bond acceptors (Lipinski definition) is 3. The fraction of sp³-hybridized carbons (Fsp3) is 0.105. The van der Waals surface area contributed by atoms with Gasteiger partial charge in [0.15, 0.2) is 5.82 Å². The number of anilines is 1. The molecule has 0 atom stereocenters. The molecule has 2 aromatic heterocycles. The summed E-state index contributed by atoms with van der Waals surface area (Å²) in [5.74, 6) is 0.303. The molecule has 0 spiro atoms. The third-order valence-corrected chi connectivity index (χ3v) is 4.99. The molecule has 0 radical (unpaired) electrons. The maximum atomic E-state index is 12.4. The van der Waals surface area contributed by atoms with E-state index < -0.39 is 0 Å². The predicted molar refractivity (Wildman–Crippen MR) is 109 cm³/mol. The minimum absolute atomic E-state index is 0.218. The number of hydrogen-bond donors (Lipinski definition) is 1. The predicted octanol–water partition coefficient (Wildman–Crippen LogP) is 3.68. The molecule has 0 aliphatic rings. The number of benzene rings is 2. The van der Waals surface area contributed by atoms with E-state index in [-0.39, 0.29) is 5.91 Å². The first-order valence-corrected chi connectivity index (χ1v) is 9.18. The molecule has 7 heteroatoms. The Hall–Kier alpha value is -2.68. The molecule has 4 aromatic rings. The number of fused-ring (bicyclic) bond motifs is 1. The van der Waals surface area contributed by atoms with Gasteiger partial charge in [0.1, 0.15) is 5.69 Å². The first-order chi connectivity index (χ1) is 12.6. The van der Waals surface area contributed by atoms with Gasteiger partial charge in [-0.2, -0.15) is 10.2 Å². The molecule has 1 N–H and O–H groups in total. The molecule has 0 fully saturated rings. The van der Waals surface area contributed by atoms with Crippen molar-refractivity contribution in [3.8, 4) is 0 Å². The van der Waals surface area contributed by atoms with E-state index in [4.69, 9.17) is 0 Å². The molecule has 6 nitrogen and oxygen atoms in total. The van der Waals surface area contributed by atoms with Crippen molar-refractivity contribution in [2.75, 3.05) is 5.32 Å². The van der Waals surface area contributed by atoms with Gasteiger partial charge in [0.25, 0.3) is 5.91 Å². The summed E-state index contributed by atoms with van der Waals surface area (Å²) in [6.07, 6.45) is 3.53. The number of aryl methyl sites for hydroxylation is 1. The third kappa shape index (κ3) is 3.22. The van der Waals surface area contributed by atoms with Crippen LogP contribution in [0.25, 0.3) is 10.8 Å². The number of nitrogens with zero attached hydrogens (tertiary/aromatic N) is 4. The first kappa shape index (κ1) is 16.8. The van der Waals surface area contributed by atoms with E-state index in [1.165, 1.54) is 16.3 Å². The molecule has 4 rings (SSSR count). The van der Waals surface area contributed by atoms with E-state index in [2.05, 4.69) is 62.4 Å². The Morgan fingerprint density at radius 1 is 1.15 bits per heavy atom. The van der Waals surface area contributed by atoms with Crippen molar-refractivity contribution in [1.29, 1.82) is 0 Å². The second-order valence-corrected chi connectivity index (χ2v) is 7.12. The van der Waals surface area contributed by atoms with Crippen LogP contribution in [0.2, 0.25) is 0 Å². The van der Waals surface area contributed by atoms with Crippen LogP contribution in [0.3, 0.4) is 0 Å². The summed E-state index contributed by atoms with van der Waals surface area (Å²) in [5.41, 5.74) is 1.71. The van der Waals surface area contributed by atoms with E-state index in [0.717, 1.165) is 3.57 Å². The Bertz CT molecular complexity index is 1070. The average molecular weight is 457 g/mol. The SMILES string of the molecule is Cn1ncc(I)c1C(=O)Nc1ccn(Cc2cccc3ccccc23)n1. The van der Waals surface area contributed by atoms with Gasteiger partial charge in [-0.05, 0) is 38.9 Å². The quantitative estimate of drug-likeness (QED) is 0.476. The van der Waals surface area contributed by atoms with Crippen molar-refractivity contribution in [2.45, 2.75) is 6.54 Å². The Morgan fingerprint density at radius 3 is 2.77 bits per heavy atom. The first-order valence-electron chi connectivity index (χ1n) is 8.11. The average Bonchev–Trinajstić information content (AvgIpc) is 3.21. The van der Waals surface area contributed by atoms with E-state index in [1.54, 1.807) is 24.0 Å². The van der Waals surface area contributed by atoms with Crippen LogP contribution >= 0.6 is 22.6 Å². The van der Waals surface area contributed by atoms with Gasteiger partial charge in [-0.15, -0.1) is 0 Å². The van der Waals surface area contributed by atoms with Crippen LogP contribution in [0.1, 0.15) is 16.1 Å². The Labute approximate surface area is 164 Å². The summed E-state index contributed by atoms with van der Waals surface area (Å²) < 4.78 is 4.19. The number of halogens is 1. The lowest BCUT2D eigenvalue weighted by atomic mass is 10.0. The topological polar surface area (TPSA) is 64.7 Å². The largest absolute Gasteiger partial charge is 0.304 e. The summed E-state index contributed by atoms with van der Waals surface area (Å²) in [5, 5.41) is 13.8. The molecule has 26 heavy (non-hydrogen) atoms. The van der Waals surface area contributed by atoms with Crippen LogP contribution in [0.4, 0.5) is 5.82 Å². The standard InChI is InChI=1S/C19H16IN5O/c1-24-18(16(20)11-21-24)19(26)22-17-9-10-25(23-17)12-14-7-4-6-13-5-2-3-8-15(13)14/h2-11H,12H2,1H3,(H,22,23,26). The summed E-state index contributed by atoms with van der Waals surface area (Å²) in [4.78, 5) is 12.4. The van der Waals surface area contributed by atoms with Crippen LogP contribution in [0.5, 0.6) is 0 Å². The molecule has 0 saturated carbocycles. The van der Waals surface area contributed by atoms with Crippen molar-refractivity contribution in [1.82, 2.24) is 19.6 Å². The molecule has 0 saturated heterocycles. The molecular weight excluding hydrogens is 441 g/mol. The summed E-state index contributed by atoms with van der Waals surface area (Å²) in [6, 6.07) is 16.3. The Morgan fingerprint density at radius 2 is 1.96 bits per heavy atom. The summed E-state index contributed by atoms with van der Waals surface area (Å²) in [6.45, 7) is 0.639. The Balaban J connectivity index is 1.54. The minimum Gasteiger partial charge on any atom is -0.304 e. The smallest absolute Gasteiger partial charge is 0.276 e. The molecule has 1 amide bonds. The zero-order valence-corrected chi connectivity index (χ0v) is 16.2. The summed E-state index contributed by atoms with van der Waals surface area (Å²) in [7, 11) is 1.75. The van der Waals surface area contributed by atoms with Gasteiger partial charge in [-0.25, -0.2) is 0 Å². The highest BCUT2D eigenvalue weighted by atomic mass is 127. The maximum Gasteiger partial charge on any atom is 0.276 e. The molecule has 0 aliphatic heterocycles. The molecular formula is C19H16IN5O. The fourth-order valence-electron chi connectivity index (χ4n) is 2.96. The number of amides is 1. The monoisotopic (exact) mass is 457 g/mol. The van der Waals surface area contributed by atoms with Crippen molar-refractivity contribution < 1.29 is 4.79 Å². The van der Waals surface area contributed by atoms with Crippen LogP contribution in [-0.2, 0) is 13.6 Å². The number of carbonyl (C=O) groups is 1. The number of nitrogens with one attached hydrogen (secondary N) is 1. The highest BCUT2D eigenvalue weighted by molar-refractivity contribution is 14.1. The Kier molecular flexibility index (Phi) is 4.46. The van der Waals surface area contributed by atoms with E-state index in [9.17, 15) is 4.79 Å². The van der Waals surface area contributed by atoms with Gasteiger partial charge in [-0.3, -0.25) is 14.2 Å². The van der Waals surface area contributed by atoms with Crippen molar-refractivity contribution in [3.63, 3.8) is 0 Å². The zero-order valence-electron chi connectivity index (χ0n) is 14.1. The highest BCUT2D eigenvalue weighted by Gasteiger charge is 2.16. The van der Waals surface area contributed by atoms with Crippen LogP contribution in [0.15, 0.2) is 60.9 Å². The molecule has 0 aliphatic carbocycles. The van der Waals surface area contributed by atoms with Gasteiger partial charge >= 0.3 is 0 Å². The second-order valence-electron chi connectivity index (χ2n) is 5.96. The number of rotatable bonds is 4. The van der Waals surface area contributed by atoms with Gasteiger partial charge < -0.3 is 5.32 Å². The van der Waals surface area contributed by atoms with Crippen LogP contribution in [-0.4, -0.2) is 25.5 Å². The van der Waals surface area contributed by atoms with Crippen LogP contribution in [0, 0.1) is 3.57 Å².